The third-order valence-electron chi connectivity index (χ3n) is 3.93. The summed E-state index contributed by atoms with van der Waals surface area (Å²) in [5, 5.41) is 6.99. The molecule has 8 nitrogen and oxygen atoms in total. The van der Waals surface area contributed by atoms with Crippen LogP contribution < -0.4 is 14.8 Å². The fourth-order valence-corrected chi connectivity index (χ4v) is 2.84. The Hall–Kier alpha value is -3.29. The van der Waals surface area contributed by atoms with Crippen LogP contribution in [-0.2, 0) is 11.3 Å². The Bertz CT molecular complexity index is 984. The molecule has 4 rings (SSSR count). The third-order valence-corrected chi connectivity index (χ3v) is 3.93. The fraction of sp³-hybridized carbons (Fsp3) is 0.316. The maximum Gasteiger partial charge on any atom is 0.274 e. The van der Waals surface area contributed by atoms with Crippen molar-refractivity contribution in [3.8, 4) is 34.5 Å². The lowest BCUT2D eigenvalue weighted by molar-refractivity contribution is -0.123. The van der Waals surface area contributed by atoms with Crippen LogP contribution in [0.4, 0.5) is 0 Å². The van der Waals surface area contributed by atoms with Crippen LogP contribution in [0.15, 0.2) is 41.1 Å². The number of amides is 1. The third kappa shape index (κ3) is 3.64. The molecule has 0 fully saturated rings. The van der Waals surface area contributed by atoms with E-state index >= 15 is 0 Å². The number of rotatable bonds is 4. The van der Waals surface area contributed by atoms with Crippen molar-refractivity contribution < 1.29 is 18.8 Å². The average Bonchev–Trinajstić information content (AvgIpc) is 3.32. The zero-order chi connectivity index (χ0) is 19.0. The maximum absolute atomic E-state index is 12.2. The summed E-state index contributed by atoms with van der Waals surface area (Å²) in [5.74, 6) is 2.05. The summed E-state index contributed by atoms with van der Waals surface area (Å²) < 4.78 is 17.9. The summed E-state index contributed by atoms with van der Waals surface area (Å²) in [5.41, 5.74) is 1.15. The van der Waals surface area contributed by atoms with Crippen molar-refractivity contribution in [2.75, 3.05) is 6.79 Å². The molecular formula is C19H20N4O4. The van der Waals surface area contributed by atoms with Gasteiger partial charge in [0.2, 0.25) is 18.5 Å². The lowest BCUT2D eigenvalue weighted by Crippen LogP contribution is -2.42. The van der Waals surface area contributed by atoms with Gasteiger partial charge in [0.25, 0.3) is 5.89 Å². The van der Waals surface area contributed by atoms with E-state index in [4.69, 9.17) is 14.0 Å². The summed E-state index contributed by atoms with van der Waals surface area (Å²) in [7, 11) is 0. The first-order valence-corrected chi connectivity index (χ1v) is 8.59. The number of hydrogen-bond acceptors (Lipinski definition) is 6. The average molecular weight is 368 g/mol. The van der Waals surface area contributed by atoms with E-state index in [1.54, 1.807) is 4.57 Å². The van der Waals surface area contributed by atoms with E-state index < -0.39 is 0 Å². The van der Waals surface area contributed by atoms with Crippen molar-refractivity contribution in [3.63, 3.8) is 0 Å². The van der Waals surface area contributed by atoms with Gasteiger partial charge >= 0.3 is 0 Å². The Morgan fingerprint density at radius 3 is 2.85 bits per heavy atom. The van der Waals surface area contributed by atoms with E-state index in [1.165, 1.54) is 0 Å². The lowest BCUT2D eigenvalue weighted by Gasteiger charge is -2.20. The monoisotopic (exact) mass is 368 g/mol. The molecule has 140 valence electrons. The second-order valence-corrected chi connectivity index (χ2v) is 7.31. The molecule has 3 heterocycles. The molecule has 1 aromatic carbocycles. The van der Waals surface area contributed by atoms with Gasteiger partial charge in [-0.3, -0.25) is 4.79 Å². The van der Waals surface area contributed by atoms with Crippen LogP contribution in [0.2, 0.25) is 0 Å². The van der Waals surface area contributed by atoms with E-state index in [9.17, 15) is 4.79 Å². The van der Waals surface area contributed by atoms with Crippen LogP contribution >= 0.6 is 0 Å². The van der Waals surface area contributed by atoms with Crippen LogP contribution in [0.5, 0.6) is 11.5 Å². The molecule has 1 aliphatic heterocycles. The Morgan fingerprint density at radius 1 is 1.22 bits per heavy atom. The van der Waals surface area contributed by atoms with Gasteiger partial charge < -0.3 is 23.9 Å². The van der Waals surface area contributed by atoms with Crippen molar-refractivity contribution in [1.82, 2.24) is 20.0 Å². The first-order valence-electron chi connectivity index (χ1n) is 8.59. The van der Waals surface area contributed by atoms with E-state index in [0.29, 0.717) is 28.9 Å². The van der Waals surface area contributed by atoms with Gasteiger partial charge in [-0.05, 0) is 51.1 Å². The normalized spacial score (nSPS) is 13.0. The second kappa shape index (κ2) is 6.46. The van der Waals surface area contributed by atoms with Gasteiger partial charge in [0.1, 0.15) is 12.2 Å². The number of hydrogen-bond donors (Lipinski definition) is 1. The Morgan fingerprint density at radius 2 is 2.04 bits per heavy atom. The SMILES string of the molecule is CC(C)(C)NC(=O)Cn1cccc1-c1nc(-c2ccc3c(c2)OCO3)no1. The molecule has 0 aliphatic carbocycles. The van der Waals surface area contributed by atoms with Crippen LogP contribution in [0.3, 0.4) is 0 Å². The number of carbonyl (C=O) groups excluding carboxylic acids is 1. The Labute approximate surface area is 156 Å². The van der Waals surface area contributed by atoms with E-state index in [-0.39, 0.29) is 24.8 Å². The predicted molar refractivity (Wildman–Crippen MR) is 97.2 cm³/mol. The Kier molecular flexibility index (Phi) is 4.10. The quantitative estimate of drug-likeness (QED) is 0.761. The largest absolute Gasteiger partial charge is 0.454 e. The molecule has 2 aromatic heterocycles. The molecule has 27 heavy (non-hydrogen) atoms. The number of fused-ring (bicyclic) bond motifs is 1. The standard InChI is InChI=1S/C19H20N4O4/c1-19(2,3)21-16(24)10-23-8-4-5-13(23)18-20-17(22-27-18)12-6-7-14-15(9-12)26-11-25-14/h4-9H,10-11H2,1-3H3,(H,21,24). The summed E-state index contributed by atoms with van der Waals surface area (Å²) in [4.78, 5) is 16.7. The van der Waals surface area contributed by atoms with Crippen LogP contribution in [0.1, 0.15) is 20.8 Å². The van der Waals surface area contributed by atoms with E-state index in [2.05, 4.69) is 15.5 Å². The highest BCUT2D eigenvalue weighted by atomic mass is 16.7. The smallest absolute Gasteiger partial charge is 0.274 e. The number of ether oxygens (including phenoxy) is 2. The van der Waals surface area contributed by atoms with E-state index in [0.717, 1.165) is 5.56 Å². The second-order valence-electron chi connectivity index (χ2n) is 7.31. The minimum absolute atomic E-state index is 0.0875. The molecule has 1 N–H and O–H groups in total. The van der Waals surface area contributed by atoms with Gasteiger partial charge in [-0.25, -0.2) is 0 Å². The van der Waals surface area contributed by atoms with E-state index in [1.807, 2.05) is 57.3 Å². The number of nitrogens with one attached hydrogen (secondary N) is 1. The number of nitrogens with zero attached hydrogens (tertiary/aromatic N) is 3. The number of carbonyl (C=O) groups is 1. The molecule has 0 saturated carbocycles. The highest BCUT2D eigenvalue weighted by Crippen LogP contribution is 2.35. The lowest BCUT2D eigenvalue weighted by atomic mass is 10.1. The summed E-state index contributed by atoms with van der Waals surface area (Å²) in [6, 6.07) is 9.14. The molecule has 0 atom stereocenters. The topological polar surface area (TPSA) is 91.4 Å². The van der Waals surface area contributed by atoms with Gasteiger partial charge in [0.15, 0.2) is 11.5 Å². The molecular weight excluding hydrogens is 348 g/mol. The summed E-state index contributed by atoms with van der Waals surface area (Å²) in [6.07, 6.45) is 1.81. The van der Waals surface area contributed by atoms with Crippen LogP contribution in [0.25, 0.3) is 23.0 Å². The van der Waals surface area contributed by atoms with Gasteiger partial charge in [0.05, 0.1) is 0 Å². The molecule has 0 unspecified atom stereocenters. The highest BCUT2D eigenvalue weighted by molar-refractivity contribution is 5.77. The molecule has 1 aliphatic rings. The predicted octanol–water partition coefficient (Wildman–Crippen LogP) is 2.85. The van der Waals surface area contributed by atoms with Gasteiger partial charge in [-0.2, -0.15) is 4.98 Å². The molecule has 0 bridgehead atoms. The van der Waals surface area contributed by atoms with Crippen molar-refractivity contribution in [2.24, 2.45) is 0 Å². The fourth-order valence-electron chi connectivity index (χ4n) is 2.84. The minimum Gasteiger partial charge on any atom is -0.454 e. The molecule has 0 saturated heterocycles. The highest BCUT2D eigenvalue weighted by Gasteiger charge is 2.20. The van der Waals surface area contributed by atoms with Crippen molar-refractivity contribution >= 4 is 5.91 Å². The van der Waals surface area contributed by atoms with Gasteiger partial charge in [0, 0.05) is 17.3 Å². The number of benzene rings is 1. The van der Waals surface area contributed by atoms with Crippen LogP contribution in [0, 0.1) is 0 Å². The maximum atomic E-state index is 12.2. The summed E-state index contributed by atoms with van der Waals surface area (Å²) >= 11 is 0. The first kappa shape index (κ1) is 17.1. The van der Waals surface area contributed by atoms with Crippen LogP contribution in [-0.4, -0.2) is 32.9 Å². The van der Waals surface area contributed by atoms with Crippen molar-refractivity contribution in [1.29, 1.82) is 0 Å². The minimum atomic E-state index is -0.290. The van der Waals surface area contributed by atoms with Crippen molar-refractivity contribution in [3.05, 3.63) is 36.5 Å². The van der Waals surface area contributed by atoms with Gasteiger partial charge in [-0.1, -0.05) is 5.16 Å². The molecule has 3 aromatic rings. The molecule has 0 spiro atoms. The summed E-state index contributed by atoms with van der Waals surface area (Å²) in [6.45, 7) is 6.20. The van der Waals surface area contributed by atoms with Gasteiger partial charge in [-0.15, -0.1) is 0 Å². The number of aromatic nitrogens is 3. The van der Waals surface area contributed by atoms with Crippen molar-refractivity contribution in [2.45, 2.75) is 32.9 Å². The zero-order valence-electron chi connectivity index (χ0n) is 15.4. The first-order chi connectivity index (χ1) is 12.9. The molecule has 1 amide bonds. The molecule has 8 heteroatoms. The Balaban J connectivity index is 1.56. The molecule has 0 radical (unpaired) electrons. The zero-order valence-corrected chi connectivity index (χ0v) is 15.4.